The van der Waals surface area contributed by atoms with Crippen LogP contribution in [0.3, 0.4) is 0 Å². The van der Waals surface area contributed by atoms with E-state index < -0.39 is 0 Å². The molecule has 0 spiro atoms. The lowest BCUT2D eigenvalue weighted by Crippen LogP contribution is -2.18. The van der Waals surface area contributed by atoms with Crippen LogP contribution in [0.4, 0.5) is 17.1 Å². The highest BCUT2D eigenvalue weighted by atomic mass is 15.1. The zero-order valence-corrected chi connectivity index (χ0v) is 28.1. The molecular formula is C46H47N. The van der Waals surface area contributed by atoms with Gasteiger partial charge in [0.15, 0.2) is 0 Å². The molecular weight excluding hydrogens is 567 g/mol. The van der Waals surface area contributed by atoms with E-state index in [1.165, 1.54) is 114 Å². The molecule has 4 aliphatic carbocycles. The molecule has 5 aromatic rings. The molecule has 3 fully saturated rings. The molecule has 0 radical (unpaired) electrons. The largest absolute Gasteiger partial charge is 0.310 e. The smallest absolute Gasteiger partial charge is 0.0465 e. The fraction of sp³-hybridized carbons (Fsp3) is 0.348. The normalized spacial score (nSPS) is 22.6. The van der Waals surface area contributed by atoms with Gasteiger partial charge in [-0.05, 0) is 137 Å². The first-order valence-electron chi connectivity index (χ1n) is 18.4. The molecule has 3 atom stereocenters. The molecule has 47 heavy (non-hydrogen) atoms. The third-order valence-electron chi connectivity index (χ3n) is 12.5. The zero-order valence-electron chi connectivity index (χ0n) is 28.1. The molecule has 0 N–H and O–H groups in total. The van der Waals surface area contributed by atoms with E-state index in [0.29, 0.717) is 5.92 Å². The predicted octanol–water partition coefficient (Wildman–Crippen LogP) is 13.1. The van der Waals surface area contributed by atoms with Crippen molar-refractivity contribution < 1.29 is 0 Å². The number of hydrogen-bond donors (Lipinski definition) is 0. The third-order valence-corrected chi connectivity index (χ3v) is 12.5. The number of nitrogens with zero attached hydrogens (tertiary/aromatic N) is 1. The molecule has 3 saturated carbocycles. The summed E-state index contributed by atoms with van der Waals surface area (Å²) in [6, 6.07) is 44.3. The standard InChI is InChI=1S/C46H47N/c1-46(2)44-30-39(25-26-41(44)42-18-10-17-40(45(42)46)33-13-7-4-8-14-33)47(38-16-9-15-35(29-38)32-11-5-3-6-12-32)37-23-21-34(22-24-37)43-28-31-19-20-36(43)27-31/h4,7-10,13-18,21-26,29-32,36,43H,3,5-6,11-12,19-20,27-28H2,1-2H3. The summed E-state index contributed by atoms with van der Waals surface area (Å²) < 4.78 is 0. The molecule has 236 valence electrons. The maximum atomic E-state index is 2.54. The second-order valence-corrected chi connectivity index (χ2v) is 15.6. The Morgan fingerprint density at radius 2 is 1.30 bits per heavy atom. The first kappa shape index (κ1) is 29.1. The van der Waals surface area contributed by atoms with Gasteiger partial charge in [0, 0.05) is 22.5 Å². The van der Waals surface area contributed by atoms with Crippen LogP contribution in [-0.2, 0) is 5.41 Å². The summed E-state index contributed by atoms with van der Waals surface area (Å²) in [6.07, 6.45) is 12.5. The van der Waals surface area contributed by atoms with Crippen LogP contribution in [0.15, 0.2) is 115 Å². The highest BCUT2D eigenvalue weighted by Gasteiger charge is 2.40. The summed E-state index contributed by atoms with van der Waals surface area (Å²) in [5, 5.41) is 0. The quantitative estimate of drug-likeness (QED) is 0.184. The molecule has 1 heteroatoms. The van der Waals surface area contributed by atoms with Crippen LogP contribution in [0.25, 0.3) is 22.3 Å². The summed E-state index contributed by atoms with van der Waals surface area (Å²) in [5.74, 6) is 3.29. The van der Waals surface area contributed by atoms with Gasteiger partial charge in [0.1, 0.15) is 0 Å². The van der Waals surface area contributed by atoms with Gasteiger partial charge in [-0.3, -0.25) is 0 Å². The highest BCUT2D eigenvalue weighted by Crippen LogP contribution is 2.55. The van der Waals surface area contributed by atoms with Crippen LogP contribution < -0.4 is 4.90 Å². The van der Waals surface area contributed by atoms with Gasteiger partial charge in [0.05, 0.1) is 0 Å². The van der Waals surface area contributed by atoms with E-state index in [9.17, 15) is 0 Å². The lowest BCUT2D eigenvalue weighted by molar-refractivity contribution is 0.420. The van der Waals surface area contributed by atoms with Crippen molar-refractivity contribution in [3.63, 3.8) is 0 Å². The van der Waals surface area contributed by atoms with E-state index in [1.807, 2.05) is 0 Å². The Morgan fingerprint density at radius 3 is 2.06 bits per heavy atom. The zero-order chi connectivity index (χ0) is 31.5. The molecule has 0 saturated heterocycles. The van der Waals surface area contributed by atoms with Crippen molar-refractivity contribution in [3.05, 3.63) is 138 Å². The van der Waals surface area contributed by atoms with Crippen LogP contribution in [-0.4, -0.2) is 0 Å². The molecule has 0 aromatic heterocycles. The molecule has 9 rings (SSSR count). The van der Waals surface area contributed by atoms with E-state index in [-0.39, 0.29) is 5.41 Å². The molecule has 0 heterocycles. The SMILES string of the molecule is CC1(C)c2cc(N(c3ccc(C4CC5CCC4C5)cc3)c3cccc(C4CCCCC4)c3)ccc2-c2cccc(-c3ccccc3)c21. The van der Waals surface area contributed by atoms with Crippen molar-refractivity contribution in [3.8, 4) is 22.3 Å². The summed E-state index contributed by atoms with van der Waals surface area (Å²) in [6.45, 7) is 4.85. The molecule has 2 bridgehead atoms. The second-order valence-electron chi connectivity index (χ2n) is 15.6. The molecule has 4 aliphatic rings. The molecule has 3 unspecified atom stereocenters. The topological polar surface area (TPSA) is 3.24 Å². The van der Waals surface area contributed by atoms with E-state index in [4.69, 9.17) is 0 Å². The van der Waals surface area contributed by atoms with Crippen molar-refractivity contribution in [1.82, 2.24) is 0 Å². The number of fused-ring (bicyclic) bond motifs is 5. The van der Waals surface area contributed by atoms with Crippen LogP contribution in [0, 0.1) is 11.8 Å². The predicted molar refractivity (Wildman–Crippen MR) is 198 cm³/mol. The third kappa shape index (κ3) is 4.97. The monoisotopic (exact) mass is 613 g/mol. The van der Waals surface area contributed by atoms with Crippen LogP contribution >= 0.6 is 0 Å². The Balaban J connectivity index is 1.14. The van der Waals surface area contributed by atoms with Crippen molar-refractivity contribution in [1.29, 1.82) is 0 Å². The summed E-state index contributed by atoms with van der Waals surface area (Å²) in [7, 11) is 0. The minimum Gasteiger partial charge on any atom is -0.310 e. The Hall–Kier alpha value is -4.10. The van der Waals surface area contributed by atoms with Gasteiger partial charge in [-0.15, -0.1) is 0 Å². The van der Waals surface area contributed by atoms with Crippen molar-refractivity contribution in [2.75, 3.05) is 4.90 Å². The average Bonchev–Trinajstić information content (AvgIpc) is 3.83. The molecule has 1 nitrogen and oxygen atoms in total. The number of hydrogen-bond acceptors (Lipinski definition) is 1. The number of benzene rings is 5. The Labute approximate surface area is 281 Å². The average molecular weight is 614 g/mol. The van der Waals surface area contributed by atoms with Gasteiger partial charge in [0.2, 0.25) is 0 Å². The molecule has 5 aromatic carbocycles. The number of anilines is 3. The maximum absolute atomic E-state index is 2.54. The van der Waals surface area contributed by atoms with Crippen LogP contribution in [0.1, 0.15) is 106 Å². The van der Waals surface area contributed by atoms with Crippen molar-refractivity contribution in [2.45, 2.75) is 88.9 Å². The van der Waals surface area contributed by atoms with Gasteiger partial charge < -0.3 is 4.90 Å². The lowest BCUT2D eigenvalue weighted by Gasteiger charge is -2.30. The van der Waals surface area contributed by atoms with Gasteiger partial charge in [-0.1, -0.05) is 118 Å². The lowest BCUT2D eigenvalue weighted by atomic mass is 9.78. The van der Waals surface area contributed by atoms with Crippen LogP contribution in [0.5, 0.6) is 0 Å². The fourth-order valence-corrected chi connectivity index (χ4v) is 10.2. The Kier molecular flexibility index (Phi) is 7.14. The minimum absolute atomic E-state index is 0.117. The maximum Gasteiger partial charge on any atom is 0.0465 e. The van der Waals surface area contributed by atoms with Crippen LogP contribution in [0.2, 0.25) is 0 Å². The summed E-state index contributed by atoms with van der Waals surface area (Å²) in [5.41, 5.74) is 15.0. The van der Waals surface area contributed by atoms with E-state index in [2.05, 4.69) is 134 Å². The first-order chi connectivity index (χ1) is 23.0. The number of rotatable bonds is 6. The minimum atomic E-state index is -0.117. The van der Waals surface area contributed by atoms with Crippen molar-refractivity contribution in [2.24, 2.45) is 11.8 Å². The summed E-state index contributed by atoms with van der Waals surface area (Å²) in [4.78, 5) is 2.54. The molecule has 0 amide bonds. The van der Waals surface area contributed by atoms with Gasteiger partial charge >= 0.3 is 0 Å². The van der Waals surface area contributed by atoms with Gasteiger partial charge in [-0.2, -0.15) is 0 Å². The highest BCUT2D eigenvalue weighted by molar-refractivity contribution is 5.90. The van der Waals surface area contributed by atoms with Crippen molar-refractivity contribution >= 4 is 17.1 Å². The Morgan fingerprint density at radius 1 is 0.553 bits per heavy atom. The van der Waals surface area contributed by atoms with Gasteiger partial charge in [0.25, 0.3) is 0 Å². The van der Waals surface area contributed by atoms with E-state index in [1.54, 1.807) is 5.56 Å². The van der Waals surface area contributed by atoms with E-state index in [0.717, 1.165) is 17.8 Å². The molecule has 0 aliphatic heterocycles. The Bertz CT molecular complexity index is 1910. The van der Waals surface area contributed by atoms with Gasteiger partial charge in [-0.25, -0.2) is 0 Å². The van der Waals surface area contributed by atoms with E-state index >= 15 is 0 Å². The summed E-state index contributed by atoms with van der Waals surface area (Å²) >= 11 is 0. The second kappa shape index (κ2) is 11.6. The first-order valence-corrected chi connectivity index (χ1v) is 18.4. The fourth-order valence-electron chi connectivity index (χ4n) is 10.2.